The minimum absolute atomic E-state index is 0.175. The van der Waals surface area contributed by atoms with Gasteiger partial charge in [0, 0.05) is 5.69 Å². The summed E-state index contributed by atoms with van der Waals surface area (Å²) in [5.41, 5.74) is 1.10. The van der Waals surface area contributed by atoms with Crippen molar-refractivity contribution in [2.24, 2.45) is 0 Å². The lowest BCUT2D eigenvalue weighted by molar-refractivity contribution is 0.0972. The lowest BCUT2D eigenvalue weighted by Gasteiger charge is -2.14. The first-order chi connectivity index (χ1) is 17.2. The molecule has 0 saturated carbocycles. The lowest BCUT2D eigenvalue weighted by atomic mass is 10.2. The third-order valence-corrected chi connectivity index (χ3v) is 5.01. The van der Waals surface area contributed by atoms with Crippen LogP contribution in [0.25, 0.3) is 0 Å². The molecule has 0 heterocycles. The van der Waals surface area contributed by atoms with Gasteiger partial charge in [0.1, 0.15) is 36.2 Å². The highest BCUT2D eigenvalue weighted by Crippen LogP contribution is 2.23. The molecule has 4 aromatic rings. The number of anilines is 1. The number of carbonyl (C=O) groups excluding carboxylic acids is 1. The van der Waals surface area contributed by atoms with E-state index in [4.69, 9.17) is 26.4 Å². The van der Waals surface area contributed by atoms with Crippen molar-refractivity contribution in [1.82, 2.24) is 5.32 Å². The Morgan fingerprint density at radius 1 is 0.657 bits per heavy atom. The summed E-state index contributed by atoms with van der Waals surface area (Å²) < 4.78 is 17.2. The Hall–Kier alpha value is -4.36. The number of ether oxygens (including phenoxy) is 3. The summed E-state index contributed by atoms with van der Waals surface area (Å²) in [6.07, 6.45) is 0. The standard InChI is InChI=1S/C28H24N2O4S/c31-27(25-13-7-8-14-26(25)33-20-19-32-22-9-3-1-4-10-22)30-28(35)29-21-15-17-24(18-16-21)34-23-11-5-2-6-12-23/h1-18H,19-20H2,(H2,29,30,31,35). The lowest BCUT2D eigenvalue weighted by Crippen LogP contribution is -2.34. The Morgan fingerprint density at radius 2 is 1.23 bits per heavy atom. The Balaban J connectivity index is 1.27. The van der Waals surface area contributed by atoms with Crippen LogP contribution in [0.4, 0.5) is 5.69 Å². The van der Waals surface area contributed by atoms with Crippen molar-refractivity contribution < 1.29 is 19.0 Å². The van der Waals surface area contributed by atoms with Crippen LogP contribution in [0.1, 0.15) is 10.4 Å². The second-order valence-electron chi connectivity index (χ2n) is 7.35. The fourth-order valence-electron chi connectivity index (χ4n) is 3.17. The SMILES string of the molecule is O=C(NC(=S)Nc1ccc(Oc2ccccc2)cc1)c1ccccc1OCCOc1ccccc1. The molecule has 0 unspecified atom stereocenters. The molecule has 0 aliphatic rings. The van der Waals surface area contributed by atoms with Gasteiger partial charge in [-0.15, -0.1) is 0 Å². The summed E-state index contributed by atoms with van der Waals surface area (Å²) in [4.78, 5) is 12.8. The summed E-state index contributed by atoms with van der Waals surface area (Å²) in [5, 5.41) is 5.88. The summed E-state index contributed by atoms with van der Waals surface area (Å²) in [6, 6.07) is 33.3. The van der Waals surface area contributed by atoms with Crippen LogP contribution in [-0.2, 0) is 0 Å². The van der Waals surface area contributed by atoms with Gasteiger partial charge in [0.25, 0.3) is 5.91 Å². The van der Waals surface area contributed by atoms with E-state index in [1.807, 2.05) is 84.9 Å². The van der Waals surface area contributed by atoms with Crippen molar-refractivity contribution in [3.8, 4) is 23.0 Å². The Labute approximate surface area is 209 Å². The zero-order chi connectivity index (χ0) is 24.3. The Kier molecular flexibility index (Phi) is 8.29. The predicted molar refractivity (Wildman–Crippen MR) is 141 cm³/mol. The molecule has 1 amide bonds. The van der Waals surface area contributed by atoms with Gasteiger partial charge < -0.3 is 19.5 Å². The van der Waals surface area contributed by atoms with Crippen molar-refractivity contribution in [3.63, 3.8) is 0 Å². The maximum absolute atomic E-state index is 12.8. The van der Waals surface area contributed by atoms with E-state index in [-0.39, 0.29) is 11.0 Å². The number of rotatable bonds is 9. The van der Waals surface area contributed by atoms with Crippen LogP contribution >= 0.6 is 12.2 Å². The number of hydrogen-bond acceptors (Lipinski definition) is 5. The Bertz CT molecular complexity index is 1250. The molecule has 0 saturated heterocycles. The molecule has 0 radical (unpaired) electrons. The van der Waals surface area contributed by atoms with Gasteiger partial charge >= 0.3 is 0 Å². The average molecular weight is 485 g/mol. The summed E-state index contributed by atoms with van der Waals surface area (Å²) in [5.74, 6) is 2.29. The van der Waals surface area contributed by atoms with Crippen LogP contribution in [-0.4, -0.2) is 24.2 Å². The summed E-state index contributed by atoms with van der Waals surface area (Å²) >= 11 is 5.32. The number of thiocarbonyl (C=S) groups is 1. The molecule has 4 aromatic carbocycles. The van der Waals surface area contributed by atoms with E-state index in [0.717, 1.165) is 17.2 Å². The molecule has 0 fully saturated rings. The van der Waals surface area contributed by atoms with Crippen LogP contribution in [0, 0.1) is 0 Å². The number of nitrogens with one attached hydrogen (secondary N) is 2. The minimum Gasteiger partial charge on any atom is -0.490 e. The number of benzene rings is 4. The zero-order valence-electron chi connectivity index (χ0n) is 18.8. The normalized spacial score (nSPS) is 10.2. The van der Waals surface area contributed by atoms with Crippen molar-refractivity contribution in [2.75, 3.05) is 18.5 Å². The van der Waals surface area contributed by atoms with Gasteiger partial charge in [-0.05, 0) is 72.9 Å². The number of hydrogen-bond donors (Lipinski definition) is 2. The molecule has 0 bridgehead atoms. The summed E-state index contributed by atoms with van der Waals surface area (Å²) in [6.45, 7) is 0.642. The predicted octanol–water partition coefficient (Wildman–Crippen LogP) is 6.06. The first kappa shape index (κ1) is 23.8. The first-order valence-electron chi connectivity index (χ1n) is 11.0. The highest BCUT2D eigenvalue weighted by molar-refractivity contribution is 7.80. The maximum atomic E-state index is 12.8. The first-order valence-corrected chi connectivity index (χ1v) is 11.4. The largest absolute Gasteiger partial charge is 0.490 e. The fraction of sp³-hybridized carbons (Fsp3) is 0.0714. The minimum atomic E-state index is -0.369. The third-order valence-electron chi connectivity index (χ3n) is 4.80. The van der Waals surface area contributed by atoms with Crippen LogP contribution in [0.2, 0.25) is 0 Å². The smallest absolute Gasteiger partial charge is 0.261 e. The second kappa shape index (κ2) is 12.2. The molecule has 35 heavy (non-hydrogen) atoms. The van der Waals surface area contributed by atoms with Gasteiger partial charge in [-0.1, -0.05) is 48.5 Å². The van der Waals surface area contributed by atoms with E-state index >= 15 is 0 Å². The molecular weight excluding hydrogens is 460 g/mol. The third kappa shape index (κ3) is 7.31. The van der Waals surface area contributed by atoms with Crippen LogP contribution in [0.3, 0.4) is 0 Å². The van der Waals surface area contributed by atoms with Crippen LogP contribution in [0.15, 0.2) is 109 Å². The molecule has 0 aromatic heterocycles. The van der Waals surface area contributed by atoms with Gasteiger partial charge in [0.2, 0.25) is 0 Å². The molecular formula is C28H24N2O4S. The van der Waals surface area contributed by atoms with Crippen molar-refractivity contribution in [1.29, 1.82) is 0 Å². The van der Waals surface area contributed by atoms with Crippen molar-refractivity contribution in [2.45, 2.75) is 0 Å². The number of carbonyl (C=O) groups is 1. The van der Waals surface area contributed by atoms with E-state index in [9.17, 15) is 4.79 Å². The molecule has 0 atom stereocenters. The van der Waals surface area contributed by atoms with E-state index in [1.165, 1.54) is 0 Å². The highest BCUT2D eigenvalue weighted by atomic mass is 32.1. The molecule has 4 rings (SSSR count). The molecule has 2 N–H and O–H groups in total. The maximum Gasteiger partial charge on any atom is 0.261 e. The fourth-order valence-corrected chi connectivity index (χ4v) is 3.38. The van der Waals surface area contributed by atoms with Gasteiger partial charge in [-0.25, -0.2) is 0 Å². The van der Waals surface area contributed by atoms with Crippen LogP contribution < -0.4 is 24.8 Å². The molecule has 176 valence electrons. The van der Waals surface area contributed by atoms with Crippen molar-refractivity contribution >= 4 is 28.9 Å². The monoisotopic (exact) mass is 484 g/mol. The zero-order valence-corrected chi connectivity index (χ0v) is 19.7. The van der Waals surface area contributed by atoms with Gasteiger partial charge in [-0.3, -0.25) is 10.1 Å². The summed E-state index contributed by atoms with van der Waals surface area (Å²) in [7, 11) is 0. The Morgan fingerprint density at radius 3 is 1.94 bits per heavy atom. The van der Waals surface area contributed by atoms with Gasteiger partial charge in [0.15, 0.2) is 5.11 Å². The van der Waals surface area contributed by atoms with Crippen LogP contribution in [0.5, 0.6) is 23.0 Å². The molecule has 0 aliphatic heterocycles. The van der Waals surface area contributed by atoms with E-state index in [2.05, 4.69) is 10.6 Å². The van der Waals surface area contributed by atoms with E-state index in [0.29, 0.717) is 30.3 Å². The topological polar surface area (TPSA) is 68.8 Å². The molecule has 6 nitrogen and oxygen atoms in total. The van der Waals surface area contributed by atoms with Crippen molar-refractivity contribution in [3.05, 3.63) is 115 Å². The second-order valence-corrected chi connectivity index (χ2v) is 7.76. The average Bonchev–Trinajstić information content (AvgIpc) is 2.89. The molecule has 0 spiro atoms. The molecule has 7 heteroatoms. The number of para-hydroxylation sites is 3. The van der Waals surface area contributed by atoms with Gasteiger partial charge in [-0.2, -0.15) is 0 Å². The molecule has 0 aliphatic carbocycles. The van der Waals surface area contributed by atoms with Gasteiger partial charge in [0.05, 0.1) is 5.56 Å². The number of amides is 1. The quantitative estimate of drug-likeness (QED) is 0.222. The van der Waals surface area contributed by atoms with E-state index < -0.39 is 0 Å². The highest BCUT2D eigenvalue weighted by Gasteiger charge is 2.14. The van der Waals surface area contributed by atoms with E-state index in [1.54, 1.807) is 24.3 Å².